The van der Waals surface area contributed by atoms with Crippen LogP contribution in [-0.4, -0.2) is 29.0 Å². The van der Waals surface area contributed by atoms with Crippen molar-refractivity contribution in [1.29, 1.82) is 0 Å². The first-order chi connectivity index (χ1) is 8.70. The normalized spacial score (nSPS) is 14.1. The smallest absolute Gasteiger partial charge is 0.239 e. The Balaban J connectivity index is 1.76. The van der Waals surface area contributed by atoms with Gasteiger partial charge in [0.1, 0.15) is 5.02 Å². The van der Waals surface area contributed by atoms with Crippen molar-refractivity contribution in [2.24, 2.45) is 11.8 Å². The minimum Gasteiger partial charge on any atom is -0.367 e. The van der Waals surface area contributed by atoms with Gasteiger partial charge in [-0.1, -0.05) is 11.6 Å². The topological polar surface area (TPSA) is 105 Å². The highest BCUT2D eigenvalue weighted by atomic mass is 35.5. The summed E-state index contributed by atoms with van der Waals surface area (Å²) >= 11 is 5.91. The van der Waals surface area contributed by atoms with Gasteiger partial charge in [0, 0.05) is 19.0 Å². The first kappa shape index (κ1) is 12.8. The Hall–Kier alpha value is -1.60. The number of nitrogens with two attached hydrogens (primary N) is 1. The van der Waals surface area contributed by atoms with Gasteiger partial charge in [-0.15, -0.1) is 0 Å². The fraction of sp³-hybridized carbons (Fsp3) is 0.500. The number of hydrogen-bond donors (Lipinski definition) is 4. The predicted molar refractivity (Wildman–Crippen MR) is 69.1 cm³/mol. The summed E-state index contributed by atoms with van der Waals surface area (Å²) < 4.78 is 0. The van der Waals surface area contributed by atoms with Crippen LogP contribution in [0.3, 0.4) is 0 Å². The minimum atomic E-state index is 0.120. The van der Waals surface area contributed by atoms with E-state index in [1.165, 1.54) is 6.20 Å². The Morgan fingerprint density at radius 3 is 2.94 bits per heavy atom. The van der Waals surface area contributed by atoms with Gasteiger partial charge < -0.3 is 10.6 Å². The van der Waals surface area contributed by atoms with E-state index < -0.39 is 0 Å². The molecular weight excluding hydrogens is 256 g/mol. The molecule has 7 nitrogen and oxygen atoms in total. The van der Waals surface area contributed by atoms with E-state index in [1.807, 2.05) is 0 Å². The number of halogens is 1. The molecule has 2 rings (SSSR count). The molecule has 1 amide bonds. The zero-order chi connectivity index (χ0) is 13.0. The Morgan fingerprint density at radius 1 is 1.50 bits per heavy atom. The quantitative estimate of drug-likeness (QED) is 0.338. The summed E-state index contributed by atoms with van der Waals surface area (Å²) in [5.41, 5.74) is 2.34. The fourth-order valence-electron chi connectivity index (χ4n) is 1.42. The van der Waals surface area contributed by atoms with Crippen molar-refractivity contribution in [2.45, 2.75) is 12.8 Å². The highest BCUT2D eigenvalue weighted by Gasteiger charge is 2.28. The Bertz CT molecular complexity index is 436. The molecule has 1 aliphatic rings. The number of amides is 1. The zero-order valence-corrected chi connectivity index (χ0v) is 10.5. The number of nitrogens with one attached hydrogen (secondary N) is 3. The van der Waals surface area contributed by atoms with Gasteiger partial charge in [0.15, 0.2) is 5.82 Å². The minimum absolute atomic E-state index is 0.120. The summed E-state index contributed by atoms with van der Waals surface area (Å²) in [6, 6.07) is 0. The summed E-state index contributed by atoms with van der Waals surface area (Å²) in [5, 5.41) is 6.25. The number of aromatic nitrogens is 2. The van der Waals surface area contributed by atoms with Gasteiger partial charge in [-0.3, -0.25) is 10.2 Å². The molecule has 0 atom stereocenters. The molecule has 1 aromatic rings. The number of hydrazine groups is 1. The molecule has 0 spiro atoms. The van der Waals surface area contributed by atoms with Crippen molar-refractivity contribution in [3.8, 4) is 0 Å². The zero-order valence-electron chi connectivity index (χ0n) is 9.74. The molecule has 0 aromatic carbocycles. The summed E-state index contributed by atoms with van der Waals surface area (Å²) in [6.45, 7) is 1.07. The third kappa shape index (κ3) is 3.44. The van der Waals surface area contributed by atoms with Crippen LogP contribution in [0, 0.1) is 5.92 Å². The third-order valence-electron chi connectivity index (χ3n) is 2.54. The molecule has 0 radical (unpaired) electrons. The van der Waals surface area contributed by atoms with Crippen LogP contribution in [0.2, 0.25) is 5.02 Å². The van der Waals surface area contributed by atoms with Crippen LogP contribution in [0.15, 0.2) is 6.20 Å². The van der Waals surface area contributed by atoms with Crippen molar-refractivity contribution in [3.05, 3.63) is 11.2 Å². The summed E-state index contributed by atoms with van der Waals surface area (Å²) in [5.74, 6) is 6.31. The number of nitrogens with zero attached hydrogens (tertiary/aromatic N) is 2. The Labute approximate surface area is 109 Å². The summed E-state index contributed by atoms with van der Waals surface area (Å²) in [7, 11) is 0. The molecule has 1 aromatic heterocycles. The third-order valence-corrected chi connectivity index (χ3v) is 2.81. The standard InChI is InChI=1S/C10H15ClN6O/c11-7-5-15-10(17-12)16-8(7)13-3-4-14-9(18)6-1-2-6/h5-6H,1-4,12H2,(H,14,18)(H2,13,15,16,17). The number of carbonyl (C=O) groups is 1. The second kappa shape index (κ2) is 5.83. The monoisotopic (exact) mass is 270 g/mol. The highest BCUT2D eigenvalue weighted by Crippen LogP contribution is 2.28. The van der Waals surface area contributed by atoms with Crippen LogP contribution in [0.1, 0.15) is 12.8 Å². The van der Waals surface area contributed by atoms with Crippen molar-refractivity contribution in [1.82, 2.24) is 15.3 Å². The lowest BCUT2D eigenvalue weighted by atomic mass is 10.4. The van der Waals surface area contributed by atoms with Crippen molar-refractivity contribution in [3.63, 3.8) is 0 Å². The second-order valence-electron chi connectivity index (χ2n) is 4.03. The molecular formula is C10H15ClN6O. The van der Waals surface area contributed by atoms with Crippen LogP contribution in [0.4, 0.5) is 11.8 Å². The van der Waals surface area contributed by atoms with Gasteiger partial charge in [-0.05, 0) is 12.8 Å². The van der Waals surface area contributed by atoms with Crippen LogP contribution in [0.25, 0.3) is 0 Å². The Morgan fingerprint density at radius 2 is 2.28 bits per heavy atom. The second-order valence-corrected chi connectivity index (χ2v) is 4.43. The number of nitrogen functional groups attached to an aromatic ring is 1. The Kier molecular flexibility index (Phi) is 4.16. The van der Waals surface area contributed by atoms with Crippen molar-refractivity contribution >= 4 is 29.3 Å². The molecule has 0 unspecified atom stereocenters. The maximum absolute atomic E-state index is 11.4. The average Bonchev–Trinajstić information content (AvgIpc) is 3.20. The largest absolute Gasteiger partial charge is 0.367 e. The van der Waals surface area contributed by atoms with Gasteiger partial charge in [0.05, 0.1) is 6.20 Å². The lowest BCUT2D eigenvalue weighted by Crippen LogP contribution is -2.30. The summed E-state index contributed by atoms with van der Waals surface area (Å²) in [6.07, 6.45) is 3.46. The molecule has 1 saturated carbocycles. The molecule has 5 N–H and O–H groups in total. The number of carbonyl (C=O) groups excluding carboxylic acids is 1. The van der Waals surface area contributed by atoms with E-state index in [0.29, 0.717) is 23.9 Å². The molecule has 1 fully saturated rings. The van der Waals surface area contributed by atoms with E-state index in [1.54, 1.807) is 0 Å². The molecule has 0 bridgehead atoms. The molecule has 0 aliphatic heterocycles. The first-order valence-corrected chi connectivity index (χ1v) is 6.09. The van der Waals surface area contributed by atoms with Crippen LogP contribution in [-0.2, 0) is 4.79 Å². The van der Waals surface area contributed by atoms with Gasteiger partial charge in [-0.25, -0.2) is 10.8 Å². The predicted octanol–water partition coefficient (Wildman–Crippen LogP) is 0.354. The molecule has 1 aliphatic carbocycles. The molecule has 98 valence electrons. The number of hydrogen-bond acceptors (Lipinski definition) is 6. The van der Waals surface area contributed by atoms with Gasteiger partial charge in [0.2, 0.25) is 11.9 Å². The van der Waals surface area contributed by atoms with E-state index in [0.717, 1.165) is 12.8 Å². The van der Waals surface area contributed by atoms with Crippen molar-refractivity contribution < 1.29 is 4.79 Å². The van der Waals surface area contributed by atoms with Crippen LogP contribution in [0.5, 0.6) is 0 Å². The van der Waals surface area contributed by atoms with E-state index in [-0.39, 0.29) is 17.8 Å². The number of anilines is 2. The SMILES string of the molecule is NNc1ncc(Cl)c(NCCNC(=O)C2CC2)n1. The molecule has 1 heterocycles. The lowest BCUT2D eigenvalue weighted by molar-refractivity contribution is -0.122. The lowest BCUT2D eigenvalue weighted by Gasteiger charge is -2.09. The maximum Gasteiger partial charge on any atom is 0.239 e. The van der Waals surface area contributed by atoms with Crippen molar-refractivity contribution in [2.75, 3.05) is 23.8 Å². The van der Waals surface area contributed by atoms with Gasteiger partial charge in [-0.2, -0.15) is 4.98 Å². The van der Waals surface area contributed by atoms with E-state index >= 15 is 0 Å². The highest BCUT2D eigenvalue weighted by molar-refractivity contribution is 6.32. The fourth-order valence-corrected chi connectivity index (χ4v) is 1.57. The van der Waals surface area contributed by atoms with Crippen LogP contribution < -0.4 is 21.9 Å². The van der Waals surface area contributed by atoms with E-state index in [4.69, 9.17) is 17.4 Å². The first-order valence-electron chi connectivity index (χ1n) is 5.71. The molecule has 0 saturated heterocycles. The molecule has 8 heteroatoms. The van der Waals surface area contributed by atoms with Gasteiger partial charge in [0.25, 0.3) is 0 Å². The van der Waals surface area contributed by atoms with Gasteiger partial charge >= 0.3 is 0 Å². The maximum atomic E-state index is 11.4. The summed E-state index contributed by atoms with van der Waals surface area (Å²) in [4.78, 5) is 19.3. The average molecular weight is 271 g/mol. The van der Waals surface area contributed by atoms with E-state index in [2.05, 4.69) is 26.0 Å². The number of rotatable bonds is 6. The van der Waals surface area contributed by atoms with Crippen LogP contribution >= 0.6 is 11.6 Å². The molecule has 18 heavy (non-hydrogen) atoms. The van der Waals surface area contributed by atoms with E-state index in [9.17, 15) is 4.79 Å².